The van der Waals surface area contributed by atoms with Crippen LogP contribution in [0.15, 0.2) is 120 Å². The maximum Gasteiger partial charge on any atom is 0.509 e. The molecular weight excluding hydrogens is 1610 g/mol. The summed E-state index contributed by atoms with van der Waals surface area (Å²) in [6, 6.07) is 26.1. The van der Waals surface area contributed by atoms with Gasteiger partial charge >= 0.3 is 12.2 Å². The number of likely N-dealkylation sites (N-methyl/N-ethyl adjacent to an activating group) is 1. The monoisotopic (exact) mass is 1720 g/mol. The molecule has 0 spiro atoms. The van der Waals surface area contributed by atoms with Gasteiger partial charge < -0.3 is 95.9 Å². The van der Waals surface area contributed by atoms with Crippen LogP contribution in [-0.2, 0) is 52.6 Å². The van der Waals surface area contributed by atoms with Crippen LogP contribution in [0.5, 0.6) is 17.5 Å². The quantitative estimate of drug-likeness (QED) is 0.00897. The zero-order valence-electron chi connectivity index (χ0n) is 70.9. The Hall–Kier alpha value is -12.5. The Morgan fingerprint density at radius 3 is 2.12 bits per heavy atom. The van der Waals surface area contributed by atoms with Crippen molar-refractivity contribution in [1.29, 1.82) is 5.26 Å². The highest BCUT2D eigenvalue weighted by atomic mass is 16.7. The average molecular weight is 1720 g/mol. The van der Waals surface area contributed by atoms with Gasteiger partial charge in [0.05, 0.1) is 47.8 Å². The first-order valence-electron chi connectivity index (χ1n) is 43.4. The van der Waals surface area contributed by atoms with Gasteiger partial charge in [-0.25, -0.2) is 14.6 Å². The van der Waals surface area contributed by atoms with Crippen molar-refractivity contribution in [1.82, 2.24) is 66.1 Å². The van der Waals surface area contributed by atoms with E-state index in [1.54, 1.807) is 54.3 Å². The Kier molecular flexibility index (Phi) is 28.7. The molecule has 7 fully saturated rings. The Labute approximate surface area is 724 Å². The second kappa shape index (κ2) is 40.4. The second-order valence-corrected chi connectivity index (χ2v) is 34.0. The number of likely N-dealkylation sites (tertiary alicyclic amines) is 2. The minimum atomic E-state index is -1.59. The van der Waals surface area contributed by atoms with Crippen LogP contribution < -0.4 is 57.3 Å². The van der Waals surface area contributed by atoms with E-state index in [0.717, 1.165) is 81.0 Å². The number of urea groups is 1. The van der Waals surface area contributed by atoms with Gasteiger partial charge in [0, 0.05) is 163 Å². The minimum absolute atomic E-state index is 0.0136. The highest BCUT2D eigenvalue weighted by molar-refractivity contribution is 6.13. The number of aromatic hydroxyl groups is 1. The third kappa shape index (κ3) is 21.7. The van der Waals surface area contributed by atoms with Crippen molar-refractivity contribution in [3.63, 3.8) is 0 Å². The lowest BCUT2D eigenvalue weighted by Crippen LogP contribution is -2.58. The molecule has 6 aliphatic heterocycles. The van der Waals surface area contributed by atoms with E-state index in [1.807, 2.05) is 62.3 Å². The number of hydrogen-bond donors (Lipinski definition) is 8. The summed E-state index contributed by atoms with van der Waals surface area (Å²) in [5, 5.41) is 46.8. The number of ether oxygens (including phenoxy) is 5. The van der Waals surface area contributed by atoms with Gasteiger partial charge in [0.2, 0.25) is 41.5 Å². The molecule has 10 N–H and O–H groups in total. The van der Waals surface area contributed by atoms with Crippen LogP contribution >= 0.6 is 0 Å². The van der Waals surface area contributed by atoms with Crippen molar-refractivity contribution in [3.05, 3.63) is 138 Å². The van der Waals surface area contributed by atoms with E-state index in [4.69, 9.17) is 39.7 Å². The number of para-hydroxylation sites is 1. The molecule has 664 valence electrons. The number of hydrogen-bond acceptors (Lipinski definition) is 27. The van der Waals surface area contributed by atoms with Crippen molar-refractivity contribution in [2.75, 3.05) is 120 Å². The van der Waals surface area contributed by atoms with E-state index >= 15 is 4.79 Å². The fourth-order valence-corrected chi connectivity index (χ4v) is 17.8. The van der Waals surface area contributed by atoms with Crippen LogP contribution in [0.3, 0.4) is 0 Å². The molecule has 8 atom stereocenters. The van der Waals surface area contributed by atoms with Crippen LogP contribution in [-0.4, -0.2) is 257 Å². The van der Waals surface area contributed by atoms with Crippen LogP contribution in [0, 0.1) is 22.7 Å². The summed E-state index contributed by atoms with van der Waals surface area (Å²) in [5.41, 5.74) is 14.9. The molecule has 8 aliphatic rings. The van der Waals surface area contributed by atoms with E-state index < -0.39 is 95.2 Å². The van der Waals surface area contributed by atoms with Gasteiger partial charge in [0.25, 0.3) is 23.6 Å². The number of fused-ring (bicyclic) bond motifs is 2. The molecule has 2 aliphatic carbocycles. The number of unbranched alkanes of at least 4 members (excludes halogenated alkanes) is 2. The summed E-state index contributed by atoms with van der Waals surface area (Å²) in [5.74, 6) is -4.16. The zero-order chi connectivity index (χ0) is 88.0. The number of phenolic OH excluding ortho intramolecular Hbond substituents is 1. The molecule has 0 radical (unpaired) electrons. The number of benzene rings is 3. The van der Waals surface area contributed by atoms with Crippen molar-refractivity contribution < 1.29 is 81.3 Å². The fourth-order valence-electron chi connectivity index (χ4n) is 17.8. The Balaban J connectivity index is 0.565. The molecule has 3 unspecified atom stereocenters. The maximum atomic E-state index is 15.3. The first-order valence-corrected chi connectivity index (χ1v) is 43.4. The molecule has 2 bridgehead atoms. The molecule has 125 heavy (non-hydrogen) atoms. The third-order valence-electron chi connectivity index (χ3n) is 25.1. The van der Waals surface area contributed by atoms with Gasteiger partial charge in [-0.1, -0.05) is 56.7 Å². The lowest BCUT2D eigenvalue weighted by atomic mass is 9.67. The summed E-state index contributed by atoms with van der Waals surface area (Å²) in [6.07, 6.45) is 8.44. The Morgan fingerprint density at radius 2 is 1.43 bits per heavy atom. The van der Waals surface area contributed by atoms with Crippen LogP contribution in [0.2, 0.25) is 0 Å². The topological polar surface area (TPSA) is 460 Å². The predicted molar refractivity (Wildman–Crippen MR) is 456 cm³/mol. The number of anilines is 4. The smallest absolute Gasteiger partial charge is 0.507 e. The van der Waals surface area contributed by atoms with Gasteiger partial charge in [-0.05, 0) is 150 Å². The highest BCUT2D eigenvalue weighted by Gasteiger charge is 2.52. The number of pyridine rings is 1. The molecule has 14 rings (SSSR count). The summed E-state index contributed by atoms with van der Waals surface area (Å²) in [6.45, 7) is 11.3. The number of piperidine rings is 1. The number of rotatable bonds is 36. The minimum Gasteiger partial charge on any atom is -0.507 e. The SMILES string of the molecule is CC(C)C(C(=O)N1C[C@H](OC(=O)OC(C(=O)N2CCN(C)CC2)c2ccc(NC(=O)[C@H](CCCNC(N)=O)NC(=O)C3(C(=O)NCCCCCN4C(=O)C=CC4=O)CCC3)cc2)C[C@H]1C(=O)N[C@@H](C)c1ccc(C#N)cc1)c1cc(OCCN2CCC(OC3CC(Oc4cc(N5C6CC[C@@H]5CN(c5cc(-c7ccccc7O)nnc5N)C6)ccn4)C3)CC2)no1. The number of primary amides is 1. The molecule has 6 aromatic rings. The number of carbonyl (C=O) groups excluding carboxylic acids is 10. The van der Waals surface area contributed by atoms with Gasteiger partial charge in [0.15, 0.2) is 11.6 Å². The molecule has 10 amide bonds. The fraction of sp³-hybridized carbons (Fsp3) is 0.517. The van der Waals surface area contributed by atoms with E-state index in [1.165, 1.54) is 41.3 Å². The highest BCUT2D eigenvalue weighted by Crippen LogP contribution is 2.44. The van der Waals surface area contributed by atoms with E-state index in [-0.39, 0.29) is 136 Å². The predicted octanol–water partition coefficient (Wildman–Crippen LogP) is 6.52. The van der Waals surface area contributed by atoms with Gasteiger partial charge in [-0.3, -0.25) is 48.2 Å². The number of phenols is 1. The number of nitrogens with two attached hydrogens (primary N) is 2. The van der Waals surface area contributed by atoms with Crippen molar-refractivity contribution in [3.8, 4) is 34.8 Å². The van der Waals surface area contributed by atoms with Gasteiger partial charge in [-0.2, -0.15) is 5.26 Å². The first kappa shape index (κ1) is 88.8. The molecule has 5 saturated heterocycles. The second-order valence-electron chi connectivity index (χ2n) is 34.0. The lowest BCUT2D eigenvalue weighted by Gasteiger charge is -2.43. The summed E-state index contributed by atoms with van der Waals surface area (Å²) >= 11 is 0. The number of aromatic nitrogens is 4. The third-order valence-corrected chi connectivity index (χ3v) is 25.1. The maximum absolute atomic E-state index is 15.3. The number of imide groups is 1. The number of carbonyl (C=O) groups is 10. The van der Waals surface area contributed by atoms with Crippen LogP contribution in [0.4, 0.5) is 32.5 Å². The Morgan fingerprint density at radius 1 is 0.720 bits per heavy atom. The number of piperazine rings is 2. The summed E-state index contributed by atoms with van der Waals surface area (Å²) < 4.78 is 37.2. The molecule has 3 aromatic carbocycles. The molecule has 36 nitrogen and oxygen atoms in total. The van der Waals surface area contributed by atoms with E-state index in [9.17, 15) is 53.5 Å². The molecule has 9 heterocycles. The normalized spacial score (nSPS) is 21.5. The average Bonchev–Trinajstić information content (AvgIpc) is 0.921. The number of amides is 10. The lowest BCUT2D eigenvalue weighted by molar-refractivity contribution is -0.151. The first-order chi connectivity index (χ1) is 60.3. The van der Waals surface area contributed by atoms with E-state index in [0.29, 0.717) is 92.5 Å². The molecular formula is C89H111N19O17. The number of nitriles is 1. The van der Waals surface area contributed by atoms with Crippen LogP contribution in [0.25, 0.3) is 11.3 Å². The standard InChI is InChI=1S/C89H111N19O17/c1-54(2)78(73-49-75(101-125-73)120-43-42-103-36-28-63(29-37-103)121-64-45-65(46-64)122-74-44-60(27-34-93-74)108-61-23-24-62(108)52-105(51-61)70-48-69(99-100-80(70)91)67-12-6-7-14-72(67)109)83(114)107-53-66(47-71(107)82(113)96-55(3)57-17-15-56(50-90)16-18-57)123-88(119)124-79(84(115)104-40-38-102(4)39-41-104)58-19-21-59(22-20-58)97-81(112)68(13-10-33-95-87(92)118)98-86(117)89(30-11-31-89)85(116)94-32-8-5-9-35-106-76(110)25-26-77(106)111/h6-7,12,14-22,25-27,34,44,48-49,54-55,61-66,68,71,78-79,109H,5,8-11,13,23-24,28-33,35-43,45-47,51-53H2,1-4H3,(H2,91,100)(H,94,116)(H,96,113)(H,97,112)(H,98,117)(H3,92,95,118)/t55-,61+,62?,64?,65?,66+,68-,71-,78?,79?/m0/s1. The number of nitrogens with zero attached hydrogens (tertiary/aromatic N) is 12. The molecule has 36 heteroatoms. The number of nitrogen functional groups attached to an aromatic ring is 1. The Bertz CT molecular complexity index is 4910. The van der Waals surface area contributed by atoms with Crippen molar-refractivity contribution in [2.24, 2.45) is 17.1 Å². The summed E-state index contributed by atoms with van der Waals surface area (Å²) in [7, 11) is 1.92. The molecule has 2 saturated carbocycles. The molecule has 3 aromatic heterocycles. The number of nitrogens with one attached hydrogen (secondary N) is 5. The zero-order valence-corrected chi connectivity index (χ0v) is 70.9. The largest absolute Gasteiger partial charge is 0.509 e. The van der Waals surface area contributed by atoms with Crippen molar-refractivity contribution >= 4 is 82.3 Å². The van der Waals surface area contributed by atoms with E-state index in [2.05, 4.69) is 67.7 Å². The van der Waals surface area contributed by atoms with Crippen molar-refractivity contribution in [2.45, 2.75) is 184 Å². The van der Waals surface area contributed by atoms with Crippen LogP contribution in [0.1, 0.15) is 158 Å². The summed E-state index contributed by atoms with van der Waals surface area (Å²) in [4.78, 5) is 155. The van der Waals surface area contributed by atoms with Gasteiger partial charge in [-0.15, -0.1) is 10.2 Å². The van der Waals surface area contributed by atoms with Gasteiger partial charge in [0.1, 0.15) is 48.0 Å².